The molecule has 0 bridgehead atoms. The third-order valence-electron chi connectivity index (χ3n) is 4.00. The fourth-order valence-corrected chi connectivity index (χ4v) is 2.82. The highest BCUT2D eigenvalue weighted by Gasteiger charge is 2.30. The maximum Gasteiger partial charge on any atom is 0.249 e. The van der Waals surface area contributed by atoms with Crippen molar-refractivity contribution in [3.05, 3.63) is 41.4 Å². The summed E-state index contributed by atoms with van der Waals surface area (Å²) in [7, 11) is 1.60. The molecule has 3 aromatic rings. The zero-order chi connectivity index (χ0) is 16.7. The molecule has 0 spiro atoms. The Morgan fingerprint density at radius 1 is 1.33 bits per heavy atom. The second-order valence-electron chi connectivity index (χ2n) is 5.73. The van der Waals surface area contributed by atoms with Gasteiger partial charge in [-0.3, -0.25) is 10.1 Å². The molecule has 1 aliphatic rings. The van der Waals surface area contributed by atoms with Crippen LogP contribution < -0.4 is 10.1 Å². The molecule has 1 aromatic carbocycles. The van der Waals surface area contributed by atoms with Gasteiger partial charge in [-0.25, -0.2) is 4.52 Å². The molecule has 4 rings (SSSR count). The number of benzene rings is 1. The number of rotatable bonds is 4. The average molecular weight is 343 g/mol. The quantitative estimate of drug-likeness (QED) is 0.789. The van der Waals surface area contributed by atoms with E-state index in [9.17, 15) is 4.79 Å². The monoisotopic (exact) mass is 342 g/mol. The first kappa shape index (κ1) is 15.0. The summed E-state index contributed by atoms with van der Waals surface area (Å²) in [4.78, 5) is 16.3. The topological polar surface area (TPSA) is 68.5 Å². The van der Waals surface area contributed by atoms with E-state index in [2.05, 4.69) is 15.4 Å². The first-order valence-corrected chi connectivity index (χ1v) is 8.04. The summed E-state index contributed by atoms with van der Waals surface area (Å²) in [5.74, 6) is 1.08. The van der Waals surface area contributed by atoms with Gasteiger partial charge >= 0.3 is 0 Å². The summed E-state index contributed by atoms with van der Waals surface area (Å²) in [6.45, 7) is 0. The Kier molecular flexibility index (Phi) is 3.61. The van der Waals surface area contributed by atoms with Crippen molar-refractivity contribution >= 4 is 29.1 Å². The Morgan fingerprint density at radius 3 is 2.88 bits per heavy atom. The second kappa shape index (κ2) is 5.79. The Morgan fingerprint density at radius 2 is 2.17 bits per heavy atom. The number of carbonyl (C=O) groups is 1. The predicted octanol–water partition coefficient (Wildman–Crippen LogP) is 3.41. The lowest BCUT2D eigenvalue weighted by molar-refractivity contribution is -0.117. The number of ether oxygens (including phenoxy) is 1. The Bertz CT molecular complexity index is 933. The van der Waals surface area contributed by atoms with Crippen LogP contribution in [0.5, 0.6) is 5.75 Å². The van der Waals surface area contributed by atoms with Crippen molar-refractivity contribution in [2.24, 2.45) is 5.92 Å². The molecule has 1 fully saturated rings. The molecule has 1 aliphatic carbocycles. The van der Waals surface area contributed by atoms with E-state index in [4.69, 9.17) is 16.3 Å². The molecule has 0 unspecified atom stereocenters. The van der Waals surface area contributed by atoms with E-state index in [0.29, 0.717) is 22.4 Å². The van der Waals surface area contributed by atoms with Gasteiger partial charge in [0, 0.05) is 11.5 Å². The van der Waals surface area contributed by atoms with Crippen LogP contribution in [0.2, 0.25) is 5.02 Å². The van der Waals surface area contributed by atoms with Crippen molar-refractivity contribution in [3.8, 4) is 17.0 Å². The van der Waals surface area contributed by atoms with Crippen LogP contribution in [0, 0.1) is 5.92 Å². The van der Waals surface area contributed by atoms with Gasteiger partial charge in [-0.05, 0) is 43.2 Å². The first-order valence-electron chi connectivity index (χ1n) is 7.66. The van der Waals surface area contributed by atoms with Crippen molar-refractivity contribution < 1.29 is 9.53 Å². The van der Waals surface area contributed by atoms with Crippen molar-refractivity contribution in [2.75, 3.05) is 12.4 Å². The zero-order valence-corrected chi connectivity index (χ0v) is 13.7. The van der Waals surface area contributed by atoms with Gasteiger partial charge in [0.2, 0.25) is 11.9 Å². The lowest BCUT2D eigenvalue weighted by Crippen LogP contribution is -2.14. The molecule has 1 saturated carbocycles. The molecule has 2 aromatic heterocycles. The first-order chi connectivity index (χ1) is 11.7. The average Bonchev–Trinajstić information content (AvgIpc) is 3.35. The SMILES string of the molecule is COc1ccc(-c2cccc3nc(NC(=O)C4CC4)nn23)c(Cl)c1. The number of aromatic nitrogens is 3. The molecule has 122 valence electrons. The van der Waals surface area contributed by atoms with Gasteiger partial charge in [0.05, 0.1) is 17.8 Å². The minimum absolute atomic E-state index is 0.0186. The highest BCUT2D eigenvalue weighted by atomic mass is 35.5. The zero-order valence-electron chi connectivity index (χ0n) is 13.0. The molecule has 1 N–H and O–H groups in total. The van der Waals surface area contributed by atoms with Gasteiger partial charge in [-0.2, -0.15) is 4.98 Å². The molecule has 0 aliphatic heterocycles. The number of carbonyl (C=O) groups excluding carboxylic acids is 1. The lowest BCUT2D eigenvalue weighted by Gasteiger charge is -2.08. The summed E-state index contributed by atoms with van der Waals surface area (Å²) < 4.78 is 6.86. The molecular weight excluding hydrogens is 328 g/mol. The fourth-order valence-electron chi connectivity index (χ4n) is 2.55. The molecular formula is C17H15ClN4O2. The fraction of sp³-hybridized carbons (Fsp3) is 0.235. The summed E-state index contributed by atoms with van der Waals surface area (Å²) in [5, 5.41) is 7.73. The van der Waals surface area contributed by atoms with Crippen molar-refractivity contribution in [3.63, 3.8) is 0 Å². The lowest BCUT2D eigenvalue weighted by atomic mass is 10.1. The molecule has 0 atom stereocenters. The summed E-state index contributed by atoms with van der Waals surface area (Å²) in [6.07, 6.45) is 1.87. The predicted molar refractivity (Wildman–Crippen MR) is 91.3 cm³/mol. The number of nitrogens with one attached hydrogen (secondary N) is 1. The van der Waals surface area contributed by atoms with Crippen molar-refractivity contribution in [2.45, 2.75) is 12.8 Å². The number of nitrogens with zero attached hydrogens (tertiary/aromatic N) is 3. The summed E-state index contributed by atoms with van der Waals surface area (Å²) in [6, 6.07) is 11.1. The number of hydrogen-bond donors (Lipinski definition) is 1. The number of methoxy groups -OCH3 is 1. The van der Waals surface area contributed by atoms with Gasteiger partial charge in [-0.15, -0.1) is 5.10 Å². The van der Waals surface area contributed by atoms with Crippen LogP contribution in [0.4, 0.5) is 5.95 Å². The van der Waals surface area contributed by atoms with Crippen LogP contribution in [0.1, 0.15) is 12.8 Å². The minimum Gasteiger partial charge on any atom is -0.497 e. The van der Waals surface area contributed by atoms with Gasteiger partial charge in [-0.1, -0.05) is 17.7 Å². The van der Waals surface area contributed by atoms with Crippen LogP contribution in [0.25, 0.3) is 16.9 Å². The summed E-state index contributed by atoms with van der Waals surface area (Å²) in [5.41, 5.74) is 2.25. The van der Waals surface area contributed by atoms with E-state index in [1.54, 1.807) is 17.7 Å². The van der Waals surface area contributed by atoms with E-state index in [1.165, 1.54) is 0 Å². The summed E-state index contributed by atoms with van der Waals surface area (Å²) >= 11 is 6.37. The van der Waals surface area contributed by atoms with Crippen molar-refractivity contribution in [1.82, 2.24) is 14.6 Å². The van der Waals surface area contributed by atoms with Crippen LogP contribution in [-0.4, -0.2) is 27.6 Å². The number of anilines is 1. The number of hydrogen-bond acceptors (Lipinski definition) is 4. The van der Waals surface area contributed by atoms with Gasteiger partial charge < -0.3 is 4.74 Å². The van der Waals surface area contributed by atoms with Crippen LogP contribution >= 0.6 is 11.6 Å². The molecule has 6 nitrogen and oxygen atoms in total. The highest BCUT2D eigenvalue weighted by molar-refractivity contribution is 6.33. The van der Waals surface area contributed by atoms with Crippen LogP contribution in [0.3, 0.4) is 0 Å². The second-order valence-corrected chi connectivity index (χ2v) is 6.13. The third kappa shape index (κ3) is 2.69. The van der Waals surface area contributed by atoms with E-state index in [-0.39, 0.29) is 11.8 Å². The highest BCUT2D eigenvalue weighted by Crippen LogP contribution is 2.32. The van der Waals surface area contributed by atoms with Crippen molar-refractivity contribution in [1.29, 1.82) is 0 Å². The number of fused-ring (bicyclic) bond motifs is 1. The van der Waals surface area contributed by atoms with E-state index < -0.39 is 0 Å². The molecule has 0 saturated heterocycles. The van der Waals surface area contributed by atoms with Gasteiger partial charge in [0.1, 0.15) is 5.75 Å². The smallest absolute Gasteiger partial charge is 0.249 e. The number of amides is 1. The van der Waals surface area contributed by atoms with Crippen LogP contribution in [-0.2, 0) is 4.79 Å². The molecule has 24 heavy (non-hydrogen) atoms. The Labute approximate surface area is 143 Å². The van der Waals surface area contributed by atoms with E-state index >= 15 is 0 Å². The molecule has 7 heteroatoms. The standard InChI is InChI=1S/C17H15ClN4O2/c1-24-11-7-8-12(13(18)9-11)14-3-2-4-15-19-17(21-22(14)15)20-16(23)10-5-6-10/h2-4,7-10H,5-6H2,1H3,(H,20,21,23). The number of pyridine rings is 1. The maximum atomic E-state index is 11.9. The Hall–Kier alpha value is -2.60. The van der Waals surface area contributed by atoms with Gasteiger partial charge in [0.15, 0.2) is 5.65 Å². The van der Waals surface area contributed by atoms with E-state index in [1.807, 2.05) is 30.3 Å². The van der Waals surface area contributed by atoms with Crippen LogP contribution in [0.15, 0.2) is 36.4 Å². The minimum atomic E-state index is -0.0186. The largest absolute Gasteiger partial charge is 0.497 e. The molecule has 0 radical (unpaired) electrons. The normalized spacial score (nSPS) is 13.9. The van der Waals surface area contributed by atoms with Gasteiger partial charge in [0.25, 0.3) is 0 Å². The Balaban J connectivity index is 1.75. The van der Waals surface area contributed by atoms with E-state index in [0.717, 1.165) is 24.1 Å². The molecule has 2 heterocycles. The molecule has 1 amide bonds. The number of halogens is 1. The maximum absolute atomic E-state index is 11.9. The third-order valence-corrected chi connectivity index (χ3v) is 4.31.